The first-order chi connectivity index (χ1) is 26.5. The standard InChI is InChI=1S/C49H99NO4/c1-3-5-7-9-11-13-15-17-19-21-23-24-25-27-29-31-33-35-37-39-41-43-48(53)47(45-51)50-49(54)44-46(52)42-40-38-36-34-32-30-28-26-22-20-18-16-14-12-10-8-6-4-2/h46-48,51-53H,3-45H2,1-2H3,(H,50,54). The molecule has 0 rings (SSSR count). The van der Waals surface area contributed by atoms with E-state index >= 15 is 0 Å². The zero-order valence-corrected chi connectivity index (χ0v) is 36.9. The summed E-state index contributed by atoms with van der Waals surface area (Å²) in [6.45, 7) is 4.30. The third kappa shape index (κ3) is 41.0. The highest BCUT2D eigenvalue weighted by Gasteiger charge is 2.21. The Balaban J connectivity index is 3.54. The maximum Gasteiger partial charge on any atom is 0.222 e. The maximum atomic E-state index is 12.5. The number of nitrogens with one attached hydrogen (secondary N) is 1. The van der Waals surface area contributed by atoms with Crippen molar-refractivity contribution in [1.82, 2.24) is 5.32 Å². The fourth-order valence-corrected chi connectivity index (χ4v) is 8.11. The first kappa shape index (κ1) is 53.4. The molecule has 0 aliphatic carbocycles. The molecule has 0 radical (unpaired) electrons. The van der Waals surface area contributed by atoms with Crippen molar-refractivity contribution in [2.45, 2.75) is 302 Å². The molecular weight excluding hydrogens is 667 g/mol. The summed E-state index contributed by atoms with van der Waals surface area (Å²) in [6.07, 6.45) is 52.3. The number of aliphatic hydroxyl groups is 3. The number of carbonyl (C=O) groups is 1. The maximum absolute atomic E-state index is 12.5. The molecule has 4 N–H and O–H groups in total. The molecule has 0 bridgehead atoms. The molecule has 0 aromatic rings. The number of unbranched alkanes of at least 4 members (excludes halogenated alkanes) is 37. The highest BCUT2D eigenvalue weighted by Crippen LogP contribution is 2.18. The van der Waals surface area contributed by atoms with Gasteiger partial charge in [-0.05, 0) is 12.8 Å². The van der Waals surface area contributed by atoms with Crippen molar-refractivity contribution < 1.29 is 20.1 Å². The minimum Gasteiger partial charge on any atom is -0.394 e. The lowest BCUT2D eigenvalue weighted by molar-refractivity contribution is -0.125. The average molecular weight is 766 g/mol. The van der Waals surface area contributed by atoms with Gasteiger partial charge in [-0.25, -0.2) is 0 Å². The number of amides is 1. The predicted molar refractivity (Wildman–Crippen MR) is 236 cm³/mol. The SMILES string of the molecule is CCCCCCCCCCCCCCCCCCCCCCCC(O)C(CO)NC(=O)CC(O)CCCCCCCCCCCCCCCCCCCC. The van der Waals surface area contributed by atoms with E-state index in [9.17, 15) is 20.1 Å². The Kier molecular flexibility index (Phi) is 44.5. The Labute approximate surface area is 338 Å². The van der Waals surface area contributed by atoms with Crippen molar-refractivity contribution >= 4 is 5.91 Å². The summed E-state index contributed by atoms with van der Waals surface area (Å²) in [7, 11) is 0. The summed E-state index contributed by atoms with van der Waals surface area (Å²) in [4.78, 5) is 12.5. The normalized spacial score (nSPS) is 13.4. The smallest absolute Gasteiger partial charge is 0.222 e. The molecule has 3 unspecified atom stereocenters. The van der Waals surface area contributed by atoms with Gasteiger partial charge >= 0.3 is 0 Å². The van der Waals surface area contributed by atoms with Crippen molar-refractivity contribution in [1.29, 1.82) is 0 Å². The van der Waals surface area contributed by atoms with E-state index in [1.165, 1.54) is 225 Å². The summed E-state index contributed by atoms with van der Waals surface area (Å²) in [6, 6.07) is -0.653. The molecule has 0 heterocycles. The van der Waals surface area contributed by atoms with Crippen LogP contribution in [-0.2, 0) is 4.79 Å². The van der Waals surface area contributed by atoms with Crippen LogP contribution in [0.25, 0.3) is 0 Å². The molecule has 5 heteroatoms. The first-order valence-corrected chi connectivity index (χ1v) is 24.8. The van der Waals surface area contributed by atoms with Gasteiger partial charge in [0.15, 0.2) is 0 Å². The zero-order valence-electron chi connectivity index (χ0n) is 36.9. The number of hydrogen-bond acceptors (Lipinski definition) is 4. The Hall–Kier alpha value is -0.650. The van der Waals surface area contributed by atoms with E-state index < -0.39 is 18.2 Å². The Bertz CT molecular complexity index is 718. The van der Waals surface area contributed by atoms with Crippen LogP contribution in [0, 0.1) is 0 Å². The van der Waals surface area contributed by atoms with Gasteiger partial charge in [-0.15, -0.1) is 0 Å². The molecule has 324 valence electrons. The lowest BCUT2D eigenvalue weighted by Gasteiger charge is -2.23. The van der Waals surface area contributed by atoms with Crippen LogP contribution in [0.1, 0.15) is 284 Å². The molecule has 0 aromatic heterocycles. The van der Waals surface area contributed by atoms with Gasteiger partial charge in [0.2, 0.25) is 5.91 Å². The fourth-order valence-electron chi connectivity index (χ4n) is 8.11. The summed E-state index contributed by atoms with van der Waals surface area (Å²) in [5.41, 5.74) is 0. The molecule has 5 nitrogen and oxygen atoms in total. The zero-order chi connectivity index (χ0) is 39.4. The summed E-state index contributed by atoms with van der Waals surface area (Å²) < 4.78 is 0. The van der Waals surface area contributed by atoms with Gasteiger partial charge in [0.05, 0.1) is 31.3 Å². The van der Waals surface area contributed by atoms with Crippen LogP contribution in [0.2, 0.25) is 0 Å². The molecule has 0 saturated carbocycles. The van der Waals surface area contributed by atoms with Crippen LogP contribution in [0.4, 0.5) is 0 Å². The van der Waals surface area contributed by atoms with E-state index in [-0.39, 0.29) is 18.9 Å². The molecule has 0 saturated heterocycles. The second kappa shape index (κ2) is 45.1. The topological polar surface area (TPSA) is 89.8 Å². The van der Waals surface area contributed by atoms with E-state index in [1.54, 1.807) is 0 Å². The van der Waals surface area contributed by atoms with Crippen LogP contribution in [0.15, 0.2) is 0 Å². The van der Waals surface area contributed by atoms with Gasteiger partial charge in [-0.3, -0.25) is 4.79 Å². The summed E-state index contributed by atoms with van der Waals surface area (Å²) in [5, 5.41) is 33.5. The van der Waals surface area contributed by atoms with Gasteiger partial charge in [0.25, 0.3) is 0 Å². The van der Waals surface area contributed by atoms with Gasteiger partial charge < -0.3 is 20.6 Å². The van der Waals surface area contributed by atoms with Gasteiger partial charge in [0, 0.05) is 0 Å². The lowest BCUT2D eigenvalue weighted by Crippen LogP contribution is -2.46. The molecule has 3 atom stereocenters. The third-order valence-corrected chi connectivity index (χ3v) is 11.9. The van der Waals surface area contributed by atoms with Gasteiger partial charge in [0.1, 0.15) is 0 Å². The molecule has 0 spiro atoms. The van der Waals surface area contributed by atoms with Crippen molar-refractivity contribution in [3.8, 4) is 0 Å². The van der Waals surface area contributed by atoms with E-state index in [4.69, 9.17) is 0 Å². The van der Waals surface area contributed by atoms with Crippen molar-refractivity contribution in [3.05, 3.63) is 0 Å². The van der Waals surface area contributed by atoms with E-state index in [2.05, 4.69) is 19.2 Å². The second-order valence-electron chi connectivity index (χ2n) is 17.4. The van der Waals surface area contributed by atoms with Crippen LogP contribution >= 0.6 is 0 Å². The van der Waals surface area contributed by atoms with Gasteiger partial charge in [-0.2, -0.15) is 0 Å². The van der Waals surface area contributed by atoms with E-state index in [1.807, 2.05) is 0 Å². The minimum atomic E-state index is -0.744. The van der Waals surface area contributed by atoms with Crippen LogP contribution in [-0.4, -0.2) is 46.1 Å². The lowest BCUT2D eigenvalue weighted by atomic mass is 10.0. The Morgan fingerprint density at radius 1 is 0.389 bits per heavy atom. The summed E-state index contributed by atoms with van der Waals surface area (Å²) >= 11 is 0. The average Bonchev–Trinajstić information content (AvgIpc) is 3.16. The third-order valence-electron chi connectivity index (χ3n) is 11.9. The number of aliphatic hydroxyl groups excluding tert-OH is 3. The minimum absolute atomic E-state index is 0.0432. The number of rotatable bonds is 46. The van der Waals surface area contributed by atoms with E-state index in [0.29, 0.717) is 12.8 Å². The monoisotopic (exact) mass is 766 g/mol. The van der Waals surface area contributed by atoms with Crippen LogP contribution in [0.5, 0.6) is 0 Å². The van der Waals surface area contributed by atoms with E-state index in [0.717, 1.165) is 25.7 Å². The second-order valence-corrected chi connectivity index (χ2v) is 17.4. The highest BCUT2D eigenvalue weighted by atomic mass is 16.3. The Morgan fingerprint density at radius 2 is 0.630 bits per heavy atom. The summed E-state index contributed by atoms with van der Waals surface area (Å²) in [5.74, 6) is -0.276. The first-order valence-electron chi connectivity index (χ1n) is 24.8. The fraction of sp³-hybridized carbons (Fsp3) is 0.980. The number of hydrogen-bond donors (Lipinski definition) is 4. The number of carbonyl (C=O) groups excluding carboxylic acids is 1. The highest BCUT2D eigenvalue weighted by molar-refractivity contribution is 5.76. The molecule has 0 aromatic carbocycles. The largest absolute Gasteiger partial charge is 0.394 e. The quantitative estimate of drug-likeness (QED) is 0.0465. The van der Waals surface area contributed by atoms with Crippen LogP contribution in [0.3, 0.4) is 0 Å². The van der Waals surface area contributed by atoms with Crippen molar-refractivity contribution in [3.63, 3.8) is 0 Å². The molecule has 0 aliphatic heterocycles. The predicted octanol–water partition coefficient (Wildman–Crippen LogP) is 14.6. The van der Waals surface area contributed by atoms with Gasteiger partial charge in [-0.1, -0.05) is 264 Å². The molecule has 0 fully saturated rings. The van der Waals surface area contributed by atoms with Crippen molar-refractivity contribution in [2.75, 3.05) is 6.61 Å². The molecule has 1 amide bonds. The molecular formula is C49H99NO4. The molecule has 54 heavy (non-hydrogen) atoms. The van der Waals surface area contributed by atoms with Crippen molar-refractivity contribution in [2.24, 2.45) is 0 Å². The molecule has 0 aliphatic rings. The van der Waals surface area contributed by atoms with Crippen LogP contribution < -0.4 is 5.32 Å². The Morgan fingerprint density at radius 3 is 0.889 bits per heavy atom.